The average Bonchev–Trinajstić information content (AvgIpc) is 2.31. The van der Waals surface area contributed by atoms with Crippen molar-refractivity contribution in [3.8, 4) is 0 Å². The van der Waals surface area contributed by atoms with Crippen molar-refractivity contribution in [3.05, 3.63) is 0 Å². The third-order valence-corrected chi connectivity index (χ3v) is 3.23. The zero-order chi connectivity index (χ0) is 12.7. The predicted octanol–water partition coefficient (Wildman–Crippen LogP) is 1.01. The van der Waals surface area contributed by atoms with E-state index in [1.165, 1.54) is 12.8 Å². The molecule has 1 rings (SSSR count). The normalized spacial score (nSPS) is 27.6. The summed E-state index contributed by atoms with van der Waals surface area (Å²) < 4.78 is 5.07. The van der Waals surface area contributed by atoms with Gasteiger partial charge in [-0.2, -0.15) is 0 Å². The molecule has 0 saturated heterocycles. The molecule has 0 heterocycles. The van der Waals surface area contributed by atoms with E-state index >= 15 is 0 Å². The van der Waals surface area contributed by atoms with Gasteiger partial charge in [-0.25, -0.2) is 10.8 Å². The molecule has 0 aromatic rings. The molecule has 0 aromatic carbocycles. The number of rotatable bonds is 4. The third kappa shape index (κ3) is 5.37. The molecule has 5 heteroatoms. The number of ether oxygens (including phenoxy) is 1. The molecule has 0 aliphatic heterocycles. The van der Waals surface area contributed by atoms with Gasteiger partial charge in [0.25, 0.3) is 0 Å². The van der Waals surface area contributed by atoms with Crippen molar-refractivity contribution in [2.45, 2.75) is 51.6 Å². The van der Waals surface area contributed by atoms with E-state index in [1.807, 2.05) is 6.92 Å². The van der Waals surface area contributed by atoms with Crippen LogP contribution in [-0.2, 0) is 4.74 Å². The summed E-state index contributed by atoms with van der Waals surface area (Å²) in [5.41, 5.74) is 2.63. The molecule has 100 valence electrons. The highest BCUT2D eigenvalue weighted by atomic mass is 16.5. The lowest BCUT2D eigenvalue weighted by Gasteiger charge is -2.24. The van der Waals surface area contributed by atoms with Crippen LogP contribution in [0.4, 0.5) is 0 Å². The maximum atomic E-state index is 5.48. The monoisotopic (exact) mass is 242 g/mol. The van der Waals surface area contributed by atoms with Crippen LogP contribution < -0.4 is 16.6 Å². The van der Waals surface area contributed by atoms with Gasteiger partial charge in [0.15, 0.2) is 0 Å². The summed E-state index contributed by atoms with van der Waals surface area (Å²) in [5, 5.41) is 3.21. The quantitative estimate of drug-likeness (QED) is 0.298. The first kappa shape index (κ1) is 14.3. The number of aliphatic imine (C=N–C) groups is 1. The molecule has 0 radical (unpaired) electrons. The van der Waals surface area contributed by atoms with Gasteiger partial charge in [-0.3, -0.25) is 5.43 Å². The molecule has 1 unspecified atom stereocenters. The van der Waals surface area contributed by atoms with Crippen LogP contribution in [0.1, 0.15) is 39.5 Å². The number of nitrogens with two attached hydrogens (primary N) is 1. The fourth-order valence-corrected chi connectivity index (χ4v) is 2.20. The number of guanidine groups is 1. The molecule has 0 spiro atoms. The second-order valence-corrected chi connectivity index (χ2v) is 5.04. The minimum Gasteiger partial charge on any atom is -0.383 e. The Bertz CT molecular complexity index is 237. The molecular weight excluding hydrogens is 216 g/mol. The summed E-state index contributed by atoms with van der Waals surface area (Å²) >= 11 is 0. The highest BCUT2D eigenvalue weighted by Gasteiger charge is 2.18. The topological polar surface area (TPSA) is 71.7 Å². The maximum Gasteiger partial charge on any atom is 0.206 e. The van der Waals surface area contributed by atoms with E-state index in [4.69, 9.17) is 10.6 Å². The summed E-state index contributed by atoms with van der Waals surface area (Å²) in [6, 6.07) is 0.608. The average molecular weight is 242 g/mol. The second kappa shape index (κ2) is 7.50. The minimum atomic E-state index is 0.206. The first-order valence-electron chi connectivity index (χ1n) is 6.45. The van der Waals surface area contributed by atoms with E-state index in [0.29, 0.717) is 18.6 Å². The number of hydrogen-bond donors (Lipinski definition) is 3. The summed E-state index contributed by atoms with van der Waals surface area (Å²) in [5.74, 6) is 7.00. The van der Waals surface area contributed by atoms with Gasteiger partial charge in [0.1, 0.15) is 0 Å². The van der Waals surface area contributed by atoms with Crippen molar-refractivity contribution in [1.29, 1.82) is 0 Å². The van der Waals surface area contributed by atoms with Gasteiger partial charge in [0, 0.05) is 13.2 Å². The van der Waals surface area contributed by atoms with Gasteiger partial charge in [-0.1, -0.05) is 6.92 Å². The predicted molar refractivity (Wildman–Crippen MR) is 70.7 cm³/mol. The molecule has 1 aliphatic rings. The SMILES string of the molecule is COCC(C)NC(=NC1CCC(C)CC1)NN. The van der Waals surface area contributed by atoms with Crippen molar-refractivity contribution >= 4 is 5.96 Å². The Balaban J connectivity index is 2.42. The second-order valence-electron chi connectivity index (χ2n) is 5.04. The largest absolute Gasteiger partial charge is 0.383 e. The molecule has 4 N–H and O–H groups in total. The van der Waals surface area contributed by atoms with E-state index in [2.05, 4.69) is 22.7 Å². The van der Waals surface area contributed by atoms with E-state index in [0.717, 1.165) is 18.8 Å². The van der Waals surface area contributed by atoms with Crippen LogP contribution in [0.5, 0.6) is 0 Å². The number of nitrogens with one attached hydrogen (secondary N) is 2. The lowest BCUT2D eigenvalue weighted by atomic mass is 9.88. The molecule has 5 nitrogen and oxygen atoms in total. The van der Waals surface area contributed by atoms with Crippen molar-refractivity contribution in [3.63, 3.8) is 0 Å². The lowest BCUT2D eigenvalue weighted by molar-refractivity contribution is 0.179. The fraction of sp³-hybridized carbons (Fsp3) is 0.917. The van der Waals surface area contributed by atoms with Gasteiger partial charge in [0.2, 0.25) is 5.96 Å². The summed E-state index contributed by atoms with van der Waals surface area (Å²) in [6.07, 6.45) is 4.85. The molecule has 1 saturated carbocycles. The Morgan fingerprint density at radius 1 is 1.41 bits per heavy atom. The smallest absolute Gasteiger partial charge is 0.206 e. The maximum absolute atomic E-state index is 5.48. The number of methoxy groups -OCH3 is 1. The van der Waals surface area contributed by atoms with Gasteiger partial charge in [-0.15, -0.1) is 0 Å². The molecule has 17 heavy (non-hydrogen) atoms. The van der Waals surface area contributed by atoms with E-state index < -0.39 is 0 Å². The number of nitrogens with zero attached hydrogens (tertiary/aromatic N) is 1. The Kier molecular flexibility index (Phi) is 6.29. The van der Waals surface area contributed by atoms with Crippen molar-refractivity contribution in [2.75, 3.05) is 13.7 Å². The van der Waals surface area contributed by atoms with Gasteiger partial charge >= 0.3 is 0 Å². The van der Waals surface area contributed by atoms with Gasteiger partial charge < -0.3 is 10.1 Å². The van der Waals surface area contributed by atoms with Crippen LogP contribution in [0.3, 0.4) is 0 Å². The molecule has 1 atom stereocenters. The van der Waals surface area contributed by atoms with Crippen LogP contribution in [0.15, 0.2) is 4.99 Å². The van der Waals surface area contributed by atoms with Gasteiger partial charge in [-0.05, 0) is 38.5 Å². The van der Waals surface area contributed by atoms with Crippen LogP contribution in [0.25, 0.3) is 0 Å². The van der Waals surface area contributed by atoms with Crippen LogP contribution in [0.2, 0.25) is 0 Å². The van der Waals surface area contributed by atoms with Crippen LogP contribution in [-0.4, -0.2) is 31.8 Å². The van der Waals surface area contributed by atoms with Crippen molar-refractivity contribution in [2.24, 2.45) is 16.8 Å². The molecule has 1 fully saturated rings. The Hall–Kier alpha value is -0.810. The first-order chi connectivity index (χ1) is 8.15. The zero-order valence-corrected chi connectivity index (χ0v) is 11.2. The fourth-order valence-electron chi connectivity index (χ4n) is 2.20. The molecular formula is C12H26N4O. The number of hydrogen-bond acceptors (Lipinski definition) is 3. The van der Waals surface area contributed by atoms with E-state index in [1.54, 1.807) is 7.11 Å². The number of hydrazine groups is 1. The minimum absolute atomic E-state index is 0.206. The summed E-state index contributed by atoms with van der Waals surface area (Å²) in [6.45, 7) is 4.99. The van der Waals surface area contributed by atoms with E-state index in [-0.39, 0.29) is 6.04 Å². The summed E-state index contributed by atoms with van der Waals surface area (Å²) in [4.78, 5) is 4.62. The zero-order valence-electron chi connectivity index (χ0n) is 11.2. The van der Waals surface area contributed by atoms with Gasteiger partial charge in [0.05, 0.1) is 12.6 Å². The van der Waals surface area contributed by atoms with Crippen molar-refractivity contribution in [1.82, 2.24) is 10.7 Å². The highest BCUT2D eigenvalue weighted by Crippen LogP contribution is 2.25. The Labute approximate surface area is 104 Å². The third-order valence-electron chi connectivity index (χ3n) is 3.23. The van der Waals surface area contributed by atoms with Crippen LogP contribution in [0, 0.1) is 5.92 Å². The Morgan fingerprint density at radius 2 is 2.06 bits per heavy atom. The lowest BCUT2D eigenvalue weighted by Crippen LogP contribution is -2.47. The Morgan fingerprint density at radius 3 is 2.59 bits per heavy atom. The highest BCUT2D eigenvalue weighted by molar-refractivity contribution is 5.79. The van der Waals surface area contributed by atoms with Crippen LogP contribution >= 0.6 is 0 Å². The standard InChI is InChI=1S/C12H26N4O/c1-9-4-6-11(7-5-9)15-12(16-13)14-10(2)8-17-3/h9-11H,4-8,13H2,1-3H3,(H2,14,15,16). The molecule has 0 amide bonds. The van der Waals surface area contributed by atoms with E-state index in [9.17, 15) is 0 Å². The molecule has 0 bridgehead atoms. The van der Waals surface area contributed by atoms with Crippen molar-refractivity contribution < 1.29 is 4.74 Å². The molecule has 0 aromatic heterocycles. The summed E-state index contributed by atoms with van der Waals surface area (Å²) in [7, 11) is 1.69. The first-order valence-corrected chi connectivity index (χ1v) is 6.45. The molecule has 1 aliphatic carbocycles.